The third-order valence-electron chi connectivity index (χ3n) is 4.09. The van der Waals surface area contributed by atoms with Gasteiger partial charge >= 0.3 is 0 Å². The summed E-state index contributed by atoms with van der Waals surface area (Å²) in [6, 6.07) is 11.3. The van der Waals surface area contributed by atoms with Crippen molar-refractivity contribution in [3.8, 4) is 5.75 Å². The second-order valence-corrected chi connectivity index (χ2v) is 6.08. The van der Waals surface area contributed by atoms with Crippen LogP contribution < -0.4 is 10.5 Å². The number of nitrogens with two attached hydrogens (primary N) is 1. The number of nitrogen functional groups attached to an aromatic ring is 1. The summed E-state index contributed by atoms with van der Waals surface area (Å²) in [7, 11) is 0. The van der Waals surface area contributed by atoms with Crippen molar-refractivity contribution in [2.75, 3.05) is 5.73 Å². The maximum absolute atomic E-state index is 13.0. The number of ketones is 1. The molecule has 2 N–H and O–H groups in total. The number of Topliss-reactive ketones (excluding diaryl/α,β-unsaturated/α-hetero) is 1. The van der Waals surface area contributed by atoms with Crippen molar-refractivity contribution in [1.29, 1.82) is 0 Å². The first-order chi connectivity index (χ1) is 10.9. The molecule has 2 aromatic carbocycles. The number of benzene rings is 2. The number of ether oxygens (including phenoxy) is 1. The second kappa shape index (κ2) is 7.32. The van der Waals surface area contributed by atoms with Gasteiger partial charge in [0.25, 0.3) is 0 Å². The molecule has 0 saturated heterocycles. The number of rotatable bonds is 6. The minimum Gasteiger partial charge on any atom is -0.482 e. The molecule has 0 spiro atoms. The lowest BCUT2D eigenvalue weighted by atomic mass is 9.94. The van der Waals surface area contributed by atoms with E-state index in [1.165, 1.54) is 5.56 Å². The molecule has 0 amide bonds. The molecule has 1 unspecified atom stereocenters. The van der Waals surface area contributed by atoms with Crippen molar-refractivity contribution in [2.45, 2.75) is 46.6 Å². The van der Waals surface area contributed by atoms with Gasteiger partial charge in [0, 0.05) is 17.3 Å². The van der Waals surface area contributed by atoms with Crippen molar-refractivity contribution in [1.82, 2.24) is 0 Å². The standard InChI is InChI=1S/C20H25NO2/c1-5-7-19(23-17-9-6-8-16(21)12-17)20(22)18-11-14(3)13(2)10-15(18)4/h6,8-12,19H,5,7,21H2,1-4H3. The molecule has 0 bridgehead atoms. The molecule has 0 aromatic heterocycles. The minimum atomic E-state index is -0.484. The van der Waals surface area contributed by atoms with Gasteiger partial charge in [0.2, 0.25) is 5.78 Å². The molecule has 23 heavy (non-hydrogen) atoms. The maximum atomic E-state index is 13.0. The zero-order valence-electron chi connectivity index (χ0n) is 14.3. The highest BCUT2D eigenvalue weighted by molar-refractivity contribution is 6.01. The van der Waals surface area contributed by atoms with Crippen LogP contribution in [0.2, 0.25) is 0 Å². The summed E-state index contributed by atoms with van der Waals surface area (Å²) < 4.78 is 5.95. The van der Waals surface area contributed by atoms with Gasteiger partial charge in [-0.25, -0.2) is 0 Å². The van der Waals surface area contributed by atoms with Crippen molar-refractivity contribution < 1.29 is 9.53 Å². The van der Waals surface area contributed by atoms with Crippen molar-refractivity contribution in [3.63, 3.8) is 0 Å². The average Bonchev–Trinajstić information content (AvgIpc) is 2.50. The molecule has 2 rings (SSSR count). The van der Waals surface area contributed by atoms with Crippen LogP contribution in [0.5, 0.6) is 5.75 Å². The predicted molar refractivity (Wildman–Crippen MR) is 95.2 cm³/mol. The van der Waals surface area contributed by atoms with Gasteiger partial charge < -0.3 is 10.5 Å². The summed E-state index contributed by atoms with van der Waals surface area (Å²) in [6.07, 6.45) is 1.07. The highest BCUT2D eigenvalue weighted by Crippen LogP contribution is 2.22. The third-order valence-corrected chi connectivity index (χ3v) is 4.09. The molecule has 0 radical (unpaired) electrons. The van der Waals surface area contributed by atoms with E-state index in [1.54, 1.807) is 12.1 Å². The van der Waals surface area contributed by atoms with Crippen LogP contribution in [0.15, 0.2) is 36.4 Å². The molecule has 0 heterocycles. The molecule has 0 fully saturated rings. The van der Waals surface area contributed by atoms with E-state index >= 15 is 0 Å². The van der Waals surface area contributed by atoms with Crippen molar-refractivity contribution in [2.24, 2.45) is 0 Å². The van der Waals surface area contributed by atoms with E-state index in [0.717, 1.165) is 23.1 Å². The molecule has 2 aromatic rings. The Morgan fingerprint density at radius 3 is 2.43 bits per heavy atom. The molecule has 0 aliphatic rings. The van der Waals surface area contributed by atoms with E-state index in [0.29, 0.717) is 17.9 Å². The molecular weight excluding hydrogens is 286 g/mol. The van der Waals surface area contributed by atoms with E-state index in [1.807, 2.05) is 32.0 Å². The fraction of sp³-hybridized carbons (Fsp3) is 0.350. The molecule has 3 nitrogen and oxygen atoms in total. The van der Waals surface area contributed by atoms with Crippen LogP contribution in [0.4, 0.5) is 5.69 Å². The van der Waals surface area contributed by atoms with Crippen molar-refractivity contribution >= 4 is 11.5 Å². The summed E-state index contributed by atoms with van der Waals surface area (Å²) >= 11 is 0. The first-order valence-electron chi connectivity index (χ1n) is 8.06. The van der Waals surface area contributed by atoms with Gasteiger partial charge in [0.15, 0.2) is 6.10 Å². The van der Waals surface area contributed by atoms with E-state index < -0.39 is 6.10 Å². The average molecular weight is 311 g/mol. The smallest absolute Gasteiger partial charge is 0.203 e. The lowest BCUT2D eigenvalue weighted by molar-refractivity contribution is 0.0776. The third kappa shape index (κ3) is 4.13. The van der Waals surface area contributed by atoms with Crippen molar-refractivity contribution in [3.05, 3.63) is 58.7 Å². The van der Waals surface area contributed by atoms with E-state index in [2.05, 4.69) is 19.9 Å². The molecule has 3 heteroatoms. The Kier molecular flexibility index (Phi) is 5.43. The van der Waals surface area contributed by atoms with Gasteiger partial charge in [-0.05, 0) is 62.1 Å². The van der Waals surface area contributed by atoms with Gasteiger partial charge in [-0.1, -0.05) is 25.5 Å². The van der Waals surface area contributed by atoms with Gasteiger partial charge in [-0.15, -0.1) is 0 Å². The minimum absolute atomic E-state index is 0.0369. The summed E-state index contributed by atoms with van der Waals surface area (Å²) in [5.41, 5.74) is 10.5. The van der Waals surface area contributed by atoms with Crippen LogP contribution in [0.3, 0.4) is 0 Å². The molecule has 0 aliphatic carbocycles. The normalized spacial score (nSPS) is 12.0. The largest absolute Gasteiger partial charge is 0.482 e. The van der Waals surface area contributed by atoms with Crippen LogP contribution in [-0.2, 0) is 0 Å². The summed E-state index contributed by atoms with van der Waals surface area (Å²) in [4.78, 5) is 13.0. The first-order valence-corrected chi connectivity index (χ1v) is 8.06. The predicted octanol–water partition coefficient (Wildman–Crippen LogP) is 4.62. The molecular formula is C20H25NO2. The molecule has 122 valence electrons. The monoisotopic (exact) mass is 311 g/mol. The molecule has 0 aliphatic heterocycles. The van der Waals surface area contributed by atoms with E-state index in [-0.39, 0.29) is 5.78 Å². The number of anilines is 1. The zero-order valence-corrected chi connectivity index (χ0v) is 14.3. The maximum Gasteiger partial charge on any atom is 0.203 e. The number of hydrogen-bond donors (Lipinski definition) is 1. The topological polar surface area (TPSA) is 52.3 Å². The summed E-state index contributed by atoms with van der Waals surface area (Å²) in [6.45, 7) is 8.11. The van der Waals surface area contributed by atoms with Gasteiger partial charge in [0.05, 0.1) is 0 Å². The lowest BCUT2D eigenvalue weighted by Crippen LogP contribution is -2.28. The van der Waals surface area contributed by atoms with Crippen LogP contribution in [0.1, 0.15) is 46.8 Å². The van der Waals surface area contributed by atoms with Crippen LogP contribution in [-0.4, -0.2) is 11.9 Å². The van der Waals surface area contributed by atoms with Gasteiger partial charge in [-0.2, -0.15) is 0 Å². The summed E-state index contributed by atoms with van der Waals surface area (Å²) in [5, 5.41) is 0. The fourth-order valence-electron chi connectivity index (χ4n) is 2.66. The Balaban J connectivity index is 2.30. The Labute approximate surface area is 138 Å². The highest BCUT2D eigenvalue weighted by Gasteiger charge is 2.23. The number of carbonyl (C=O) groups is 1. The molecule has 1 atom stereocenters. The zero-order chi connectivity index (χ0) is 17.0. The highest BCUT2D eigenvalue weighted by atomic mass is 16.5. The van der Waals surface area contributed by atoms with E-state index in [9.17, 15) is 4.79 Å². The van der Waals surface area contributed by atoms with Gasteiger partial charge in [-0.3, -0.25) is 4.79 Å². The lowest BCUT2D eigenvalue weighted by Gasteiger charge is -2.19. The fourth-order valence-corrected chi connectivity index (χ4v) is 2.66. The number of carbonyl (C=O) groups excluding carboxylic acids is 1. The Hall–Kier alpha value is -2.29. The van der Waals surface area contributed by atoms with E-state index in [4.69, 9.17) is 10.5 Å². The SMILES string of the molecule is CCCC(Oc1cccc(N)c1)C(=O)c1cc(C)c(C)cc1C. The number of aryl methyl sites for hydroxylation is 3. The Bertz CT molecular complexity index is 707. The van der Waals surface area contributed by atoms with Crippen LogP contribution in [0.25, 0.3) is 0 Å². The Morgan fingerprint density at radius 1 is 1.09 bits per heavy atom. The quantitative estimate of drug-likeness (QED) is 0.625. The molecule has 0 saturated carbocycles. The summed E-state index contributed by atoms with van der Waals surface area (Å²) in [5.74, 6) is 0.674. The second-order valence-electron chi connectivity index (χ2n) is 6.08. The van der Waals surface area contributed by atoms with Gasteiger partial charge in [0.1, 0.15) is 5.75 Å². The van der Waals surface area contributed by atoms with Crippen LogP contribution in [0, 0.1) is 20.8 Å². The van der Waals surface area contributed by atoms with Crippen LogP contribution >= 0.6 is 0 Å². The Morgan fingerprint density at radius 2 is 1.78 bits per heavy atom. The number of hydrogen-bond acceptors (Lipinski definition) is 3. The first kappa shape index (κ1) is 17.1.